The Kier molecular flexibility index (Phi) is 16.3. The van der Waals surface area contributed by atoms with Crippen LogP contribution in [-0.2, 0) is 0 Å². The zero-order valence-corrected chi connectivity index (χ0v) is 19.1. The Bertz CT molecular complexity index is 368. The van der Waals surface area contributed by atoms with Gasteiger partial charge in [0.25, 0.3) is 0 Å². The van der Waals surface area contributed by atoms with Crippen molar-refractivity contribution in [2.24, 2.45) is 0 Å². The standard InChI is InChI=1S/C21H38Br2N2/c22-16-12-10-8-6-4-2-1-3-5-7-9-11-14-20(15-13-17-23)21-24-18-19-25-21/h18-20H,1-17H2,(H,24,25). The molecule has 146 valence electrons. The van der Waals surface area contributed by atoms with E-state index < -0.39 is 0 Å². The summed E-state index contributed by atoms with van der Waals surface area (Å²) >= 11 is 7.05. The van der Waals surface area contributed by atoms with Gasteiger partial charge in [0.05, 0.1) is 0 Å². The van der Waals surface area contributed by atoms with Gasteiger partial charge in [-0.2, -0.15) is 0 Å². The number of halogens is 2. The maximum Gasteiger partial charge on any atom is 0.109 e. The third-order valence-electron chi connectivity index (χ3n) is 5.03. The van der Waals surface area contributed by atoms with Crippen molar-refractivity contribution in [1.29, 1.82) is 0 Å². The first kappa shape index (κ1) is 23.2. The molecule has 0 fully saturated rings. The van der Waals surface area contributed by atoms with Gasteiger partial charge in [0.15, 0.2) is 0 Å². The summed E-state index contributed by atoms with van der Waals surface area (Å²) in [5, 5.41) is 2.27. The molecule has 4 heteroatoms. The van der Waals surface area contributed by atoms with Crippen molar-refractivity contribution in [2.45, 2.75) is 102 Å². The van der Waals surface area contributed by atoms with Gasteiger partial charge in [-0.1, -0.05) is 102 Å². The lowest BCUT2D eigenvalue weighted by atomic mass is 9.95. The SMILES string of the molecule is BrCCCCCCCCCCCCCCC(CCCBr)c1ncc[nH]1. The number of unbranched alkanes of at least 4 members (excludes halogenated alkanes) is 11. The molecule has 1 rings (SSSR count). The molecule has 1 N–H and O–H groups in total. The first-order chi connectivity index (χ1) is 12.4. The van der Waals surface area contributed by atoms with Crippen molar-refractivity contribution in [1.82, 2.24) is 9.97 Å². The highest BCUT2D eigenvalue weighted by Crippen LogP contribution is 2.25. The van der Waals surface area contributed by atoms with Crippen LogP contribution in [0.3, 0.4) is 0 Å². The molecule has 0 aliphatic rings. The van der Waals surface area contributed by atoms with E-state index in [0.29, 0.717) is 5.92 Å². The number of H-pyrrole nitrogens is 1. The van der Waals surface area contributed by atoms with Gasteiger partial charge in [0.1, 0.15) is 5.82 Å². The van der Waals surface area contributed by atoms with Crippen molar-refractivity contribution in [3.05, 3.63) is 18.2 Å². The van der Waals surface area contributed by atoms with Gasteiger partial charge in [-0.25, -0.2) is 4.98 Å². The summed E-state index contributed by atoms with van der Waals surface area (Å²) in [4.78, 5) is 7.79. The molecule has 1 aromatic heterocycles. The van der Waals surface area contributed by atoms with Gasteiger partial charge in [0.2, 0.25) is 0 Å². The van der Waals surface area contributed by atoms with Crippen molar-refractivity contribution >= 4 is 31.9 Å². The minimum absolute atomic E-state index is 0.622. The van der Waals surface area contributed by atoms with Crippen molar-refractivity contribution in [2.75, 3.05) is 10.7 Å². The Morgan fingerprint density at radius 3 is 1.64 bits per heavy atom. The Hall–Kier alpha value is 0.170. The average molecular weight is 478 g/mol. The second-order valence-electron chi connectivity index (χ2n) is 7.22. The molecular formula is C21H38Br2N2. The average Bonchev–Trinajstić information content (AvgIpc) is 3.16. The molecule has 1 aromatic rings. The second-order valence-corrected chi connectivity index (χ2v) is 8.81. The quantitative estimate of drug-likeness (QED) is 0.167. The zero-order chi connectivity index (χ0) is 18.0. The summed E-state index contributed by atoms with van der Waals surface area (Å²) in [7, 11) is 0. The molecule has 0 spiro atoms. The summed E-state index contributed by atoms with van der Waals surface area (Å²) in [6.07, 6.45) is 24.6. The predicted octanol–water partition coefficient (Wildman–Crippen LogP) is 8.13. The Labute approximate surface area is 172 Å². The van der Waals surface area contributed by atoms with Gasteiger partial charge in [-0.15, -0.1) is 0 Å². The molecule has 1 unspecified atom stereocenters. The number of aromatic amines is 1. The number of nitrogens with one attached hydrogen (secondary N) is 1. The molecule has 0 radical (unpaired) electrons. The van der Waals surface area contributed by atoms with E-state index in [1.807, 2.05) is 12.4 Å². The summed E-state index contributed by atoms with van der Waals surface area (Å²) in [6, 6.07) is 0. The van der Waals surface area contributed by atoms with Crippen LogP contribution in [0.1, 0.15) is 108 Å². The second kappa shape index (κ2) is 17.6. The van der Waals surface area contributed by atoms with Crippen LogP contribution >= 0.6 is 31.9 Å². The number of rotatable bonds is 18. The minimum Gasteiger partial charge on any atom is -0.348 e. The fraction of sp³-hybridized carbons (Fsp3) is 0.857. The smallest absolute Gasteiger partial charge is 0.109 e. The number of hydrogen-bond acceptors (Lipinski definition) is 1. The number of alkyl halides is 2. The van der Waals surface area contributed by atoms with Gasteiger partial charge in [-0.3, -0.25) is 0 Å². The van der Waals surface area contributed by atoms with Crippen LogP contribution in [-0.4, -0.2) is 20.6 Å². The summed E-state index contributed by atoms with van der Waals surface area (Å²) in [5.41, 5.74) is 0. The highest BCUT2D eigenvalue weighted by molar-refractivity contribution is 9.09. The molecule has 0 bridgehead atoms. The first-order valence-electron chi connectivity index (χ1n) is 10.5. The van der Waals surface area contributed by atoms with E-state index in [-0.39, 0.29) is 0 Å². The molecule has 2 nitrogen and oxygen atoms in total. The Balaban J connectivity index is 1.91. The lowest BCUT2D eigenvalue weighted by molar-refractivity contribution is 0.493. The summed E-state index contributed by atoms with van der Waals surface area (Å²) < 4.78 is 0. The molecule has 25 heavy (non-hydrogen) atoms. The van der Waals surface area contributed by atoms with Crippen LogP contribution in [0, 0.1) is 0 Å². The van der Waals surface area contributed by atoms with E-state index in [1.54, 1.807) is 0 Å². The third-order valence-corrected chi connectivity index (χ3v) is 6.15. The van der Waals surface area contributed by atoms with Gasteiger partial charge >= 0.3 is 0 Å². The Morgan fingerprint density at radius 2 is 1.16 bits per heavy atom. The molecule has 1 atom stereocenters. The van der Waals surface area contributed by atoms with Crippen LogP contribution in [0.25, 0.3) is 0 Å². The minimum atomic E-state index is 0.622. The highest BCUT2D eigenvalue weighted by atomic mass is 79.9. The van der Waals surface area contributed by atoms with Crippen LogP contribution in [0.2, 0.25) is 0 Å². The van der Waals surface area contributed by atoms with Crippen molar-refractivity contribution in [3.8, 4) is 0 Å². The van der Waals surface area contributed by atoms with E-state index in [1.165, 1.54) is 107 Å². The lowest BCUT2D eigenvalue weighted by Gasteiger charge is -2.13. The van der Waals surface area contributed by atoms with Crippen molar-refractivity contribution < 1.29 is 0 Å². The number of nitrogens with zero attached hydrogens (tertiary/aromatic N) is 1. The lowest BCUT2D eigenvalue weighted by Crippen LogP contribution is -2.02. The predicted molar refractivity (Wildman–Crippen MR) is 118 cm³/mol. The van der Waals surface area contributed by atoms with Gasteiger partial charge in [-0.05, 0) is 25.7 Å². The van der Waals surface area contributed by atoms with Crippen LogP contribution < -0.4 is 0 Å². The van der Waals surface area contributed by atoms with E-state index in [2.05, 4.69) is 41.8 Å². The molecule has 0 aromatic carbocycles. The van der Waals surface area contributed by atoms with E-state index in [0.717, 1.165) is 5.33 Å². The fourth-order valence-corrected chi connectivity index (χ4v) is 4.22. The maximum atomic E-state index is 4.48. The normalized spacial score (nSPS) is 12.6. The molecule has 0 saturated heterocycles. The van der Waals surface area contributed by atoms with Gasteiger partial charge < -0.3 is 4.98 Å². The third kappa shape index (κ3) is 13.1. The largest absolute Gasteiger partial charge is 0.348 e. The number of hydrogen-bond donors (Lipinski definition) is 1. The maximum absolute atomic E-state index is 4.48. The molecule has 1 heterocycles. The fourth-order valence-electron chi connectivity index (χ4n) is 3.50. The summed E-state index contributed by atoms with van der Waals surface area (Å²) in [5.74, 6) is 1.81. The number of imidazole rings is 1. The molecular weight excluding hydrogens is 440 g/mol. The molecule has 0 saturated carbocycles. The van der Waals surface area contributed by atoms with E-state index in [9.17, 15) is 0 Å². The summed E-state index contributed by atoms with van der Waals surface area (Å²) in [6.45, 7) is 0. The van der Waals surface area contributed by atoms with Crippen LogP contribution in [0.15, 0.2) is 12.4 Å². The first-order valence-corrected chi connectivity index (χ1v) is 12.7. The molecule has 0 aliphatic heterocycles. The molecule has 0 aliphatic carbocycles. The highest BCUT2D eigenvalue weighted by Gasteiger charge is 2.12. The zero-order valence-electron chi connectivity index (χ0n) is 16.0. The van der Waals surface area contributed by atoms with Crippen LogP contribution in [0.4, 0.5) is 0 Å². The van der Waals surface area contributed by atoms with Gasteiger partial charge in [0, 0.05) is 29.0 Å². The van der Waals surface area contributed by atoms with E-state index >= 15 is 0 Å². The van der Waals surface area contributed by atoms with E-state index in [4.69, 9.17) is 0 Å². The van der Waals surface area contributed by atoms with Crippen molar-refractivity contribution in [3.63, 3.8) is 0 Å². The molecule has 0 amide bonds. The monoisotopic (exact) mass is 476 g/mol. The topological polar surface area (TPSA) is 28.7 Å². The number of aromatic nitrogens is 2. The Morgan fingerprint density at radius 1 is 0.680 bits per heavy atom. The van der Waals surface area contributed by atoms with Crippen LogP contribution in [0.5, 0.6) is 0 Å².